The van der Waals surface area contributed by atoms with E-state index in [4.69, 9.17) is 0 Å². The van der Waals surface area contributed by atoms with Crippen LogP contribution in [0, 0.1) is 0 Å². The molecule has 2 heterocycles. The first kappa shape index (κ1) is 17.5. The smallest absolute Gasteiger partial charge is 0.223 e. The van der Waals surface area contributed by atoms with Gasteiger partial charge in [-0.05, 0) is 30.4 Å². The van der Waals surface area contributed by atoms with Gasteiger partial charge in [-0.15, -0.1) is 0 Å². The van der Waals surface area contributed by atoms with Crippen LogP contribution in [0.2, 0.25) is 0 Å². The SMILES string of the molecule is C[C@H](CC(=O)N1CCC(O)(Cc2ccncn2)CC1)c1ccccc1. The first-order valence-electron chi connectivity index (χ1n) is 8.86. The third-order valence-corrected chi connectivity index (χ3v) is 5.05. The van der Waals surface area contributed by atoms with Gasteiger partial charge in [0.05, 0.1) is 5.60 Å². The maximum Gasteiger partial charge on any atom is 0.223 e. The number of carbonyl (C=O) groups excluding carboxylic acids is 1. The number of rotatable bonds is 5. The van der Waals surface area contributed by atoms with Crippen LogP contribution in [0.25, 0.3) is 0 Å². The van der Waals surface area contributed by atoms with Gasteiger partial charge in [0.2, 0.25) is 5.91 Å². The first-order chi connectivity index (χ1) is 12.1. The second-order valence-electron chi connectivity index (χ2n) is 7.00. The van der Waals surface area contributed by atoms with Gasteiger partial charge in [0.1, 0.15) is 6.33 Å². The molecule has 2 aromatic rings. The molecule has 1 atom stereocenters. The number of hydrogen-bond donors (Lipinski definition) is 1. The van der Waals surface area contributed by atoms with E-state index < -0.39 is 5.60 Å². The zero-order valence-corrected chi connectivity index (χ0v) is 14.6. The standard InChI is InChI=1S/C20H25N3O2/c1-16(17-5-3-2-4-6-17)13-19(24)23-11-8-20(25,9-12-23)14-18-7-10-21-15-22-18/h2-7,10,15-16,25H,8-9,11-14H2,1H3/t16-/m1/s1. The quantitative estimate of drug-likeness (QED) is 0.909. The number of piperidine rings is 1. The number of nitrogens with zero attached hydrogens (tertiary/aromatic N) is 3. The van der Waals surface area contributed by atoms with Gasteiger partial charge in [0.25, 0.3) is 0 Å². The van der Waals surface area contributed by atoms with Crippen molar-refractivity contribution in [1.29, 1.82) is 0 Å². The third-order valence-electron chi connectivity index (χ3n) is 5.05. The Kier molecular flexibility index (Phi) is 5.43. The van der Waals surface area contributed by atoms with Gasteiger partial charge in [-0.2, -0.15) is 0 Å². The van der Waals surface area contributed by atoms with E-state index in [9.17, 15) is 9.90 Å². The number of benzene rings is 1. The van der Waals surface area contributed by atoms with Crippen LogP contribution in [0.15, 0.2) is 48.9 Å². The molecular formula is C20H25N3O2. The summed E-state index contributed by atoms with van der Waals surface area (Å²) in [5, 5.41) is 10.8. The molecule has 1 saturated heterocycles. The number of carbonyl (C=O) groups is 1. The molecule has 1 aromatic carbocycles. The van der Waals surface area contributed by atoms with Gasteiger partial charge >= 0.3 is 0 Å². The van der Waals surface area contributed by atoms with Gasteiger partial charge < -0.3 is 10.0 Å². The van der Waals surface area contributed by atoms with Crippen LogP contribution in [0.5, 0.6) is 0 Å². The zero-order chi connectivity index (χ0) is 17.7. The van der Waals surface area contributed by atoms with E-state index in [1.54, 1.807) is 6.20 Å². The summed E-state index contributed by atoms with van der Waals surface area (Å²) in [6.07, 6.45) is 5.38. The Morgan fingerprint density at radius 2 is 1.96 bits per heavy atom. The van der Waals surface area contributed by atoms with Crippen molar-refractivity contribution in [3.63, 3.8) is 0 Å². The summed E-state index contributed by atoms with van der Waals surface area (Å²) in [7, 11) is 0. The maximum absolute atomic E-state index is 12.6. The molecule has 0 unspecified atom stereocenters. The lowest BCUT2D eigenvalue weighted by atomic mass is 9.86. The largest absolute Gasteiger partial charge is 0.389 e. The minimum Gasteiger partial charge on any atom is -0.389 e. The average molecular weight is 339 g/mol. The Bertz CT molecular complexity index is 683. The van der Waals surface area contributed by atoms with Gasteiger partial charge in [-0.3, -0.25) is 4.79 Å². The van der Waals surface area contributed by atoms with Crippen molar-refractivity contribution in [3.05, 3.63) is 60.2 Å². The summed E-state index contributed by atoms with van der Waals surface area (Å²) in [4.78, 5) is 22.6. The van der Waals surface area contributed by atoms with Crippen molar-refractivity contribution in [2.24, 2.45) is 0 Å². The highest BCUT2D eigenvalue weighted by molar-refractivity contribution is 5.77. The van der Waals surface area contributed by atoms with Gasteiger partial charge in [0.15, 0.2) is 0 Å². The molecule has 5 heteroatoms. The molecule has 0 aliphatic carbocycles. The molecule has 132 valence electrons. The molecule has 0 radical (unpaired) electrons. The second-order valence-corrected chi connectivity index (χ2v) is 7.00. The van der Waals surface area contributed by atoms with Crippen molar-refractivity contribution < 1.29 is 9.90 Å². The van der Waals surface area contributed by atoms with Crippen molar-refractivity contribution in [1.82, 2.24) is 14.9 Å². The second kappa shape index (κ2) is 7.74. The molecule has 1 fully saturated rings. The fourth-order valence-corrected chi connectivity index (χ4v) is 3.40. The molecule has 0 spiro atoms. The Morgan fingerprint density at radius 3 is 2.60 bits per heavy atom. The molecule has 1 aromatic heterocycles. The molecule has 5 nitrogen and oxygen atoms in total. The first-order valence-corrected chi connectivity index (χ1v) is 8.86. The fourth-order valence-electron chi connectivity index (χ4n) is 3.40. The van der Waals surface area contributed by atoms with Crippen LogP contribution in [-0.2, 0) is 11.2 Å². The van der Waals surface area contributed by atoms with Gasteiger partial charge in [-0.1, -0.05) is 37.3 Å². The summed E-state index contributed by atoms with van der Waals surface area (Å²) in [6, 6.07) is 12.0. The Labute approximate surface area is 148 Å². The zero-order valence-electron chi connectivity index (χ0n) is 14.6. The van der Waals surface area contributed by atoms with Crippen LogP contribution in [0.3, 0.4) is 0 Å². The normalized spacial score (nSPS) is 17.9. The molecule has 1 aliphatic rings. The number of hydrogen-bond acceptors (Lipinski definition) is 4. The van der Waals surface area contributed by atoms with E-state index in [0.29, 0.717) is 38.8 Å². The number of amides is 1. The van der Waals surface area contributed by atoms with E-state index >= 15 is 0 Å². The van der Waals surface area contributed by atoms with E-state index in [0.717, 1.165) is 5.69 Å². The lowest BCUT2D eigenvalue weighted by molar-refractivity contribution is -0.135. The Balaban J connectivity index is 1.52. The molecule has 1 N–H and O–H groups in total. The van der Waals surface area contributed by atoms with E-state index in [1.807, 2.05) is 29.2 Å². The van der Waals surface area contributed by atoms with Crippen molar-refractivity contribution in [3.8, 4) is 0 Å². The predicted octanol–water partition coefficient (Wildman–Crippen LogP) is 2.57. The Morgan fingerprint density at radius 1 is 1.24 bits per heavy atom. The Hall–Kier alpha value is -2.27. The predicted molar refractivity (Wildman–Crippen MR) is 96.0 cm³/mol. The molecule has 25 heavy (non-hydrogen) atoms. The number of aromatic nitrogens is 2. The highest BCUT2D eigenvalue weighted by atomic mass is 16.3. The lowest BCUT2D eigenvalue weighted by Crippen LogP contribution is -2.48. The maximum atomic E-state index is 12.6. The van der Waals surface area contributed by atoms with Gasteiger partial charge in [-0.25, -0.2) is 9.97 Å². The summed E-state index contributed by atoms with van der Waals surface area (Å²) in [6.45, 7) is 3.28. The molecule has 3 rings (SSSR count). The molecule has 1 aliphatic heterocycles. The molecule has 0 bridgehead atoms. The van der Waals surface area contributed by atoms with Gasteiger partial charge in [0, 0.05) is 37.8 Å². The minimum absolute atomic E-state index is 0.167. The highest BCUT2D eigenvalue weighted by Crippen LogP contribution is 2.27. The number of aliphatic hydroxyl groups is 1. The van der Waals surface area contributed by atoms with Crippen LogP contribution < -0.4 is 0 Å². The third kappa shape index (κ3) is 4.63. The molecule has 1 amide bonds. The van der Waals surface area contributed by atoms with E-state index in [1.165, 1.54) is 11.9 Å². The molecule has 0 saturated carbocycles. The summed E-state index contributed by atoms with van der Waals surface area (Å²) < 4.78 is 0. The van der Waals surface area contributed by atoms with Crippen molar-refractivity contribution in [2.45, 2.75) is 44.1 Å². The van der Waals surface area contributed by atoms with Crippen molar-refractivity contribution >= 4 is 5.91 Å². The average Bonchev–Trinajstić information content (AvgIpc) is 2.63. The number of likely N-dealkylation sites (tertiary alicyclic amines) is 1. The van der Waals surface area contributed by atoms with Crippen LogP contribution >= 0.6 is 0 Å². The monoisotopic (exact) mass is 339 g/mol. The van der Waals surface area contributed by atoms with E-state index in [-0.39, 0.29) is 11.8 Å². The minimum atomic E-state index is -0.782. The summed E-state index contributed by atoms with van der Waals surface area (Å²) in [5.74, 6) is 0.371. The van der Waals surface area contributed by atoms with Crippen molar-refractivity contribution in [2.75, 3.05) is 13.1 Å². The lowest BCUT2D eigenvalue weighted by Gasteiger charge is -2.38. The highest BCUT2D eigenvalue weighted by Gasteiger charge is 2.34. The molecular weight excluding hydrogens is 314 g/mol. The summed E-state index contributed by atoms with van der Waals surface area (Å²) in [5.41, 5.74) is 1.25. The fraction of sp³-hybridized carbons (Fsp3) is 0.450. The summed E-state index contributed by atoms with van der Waals surface area (Å²) >= 11 is 0. The van der Waals surface area contributed by atoms with Crippen LogP contribution in [0.1, 0.15) is 43.4 Å². The topological polar surface area (TPSA) is 66.3 Å². The van der Waals surface area contributed by atoms with E-state index in [2.05, 4.69) is 29.0 Å². The van der Waals surface area contributed by atoms with Crippen LogP contribution in [0.4, 0.5) is 0 Å². The van der Waals surface area contributed by atoms with Crippen LogP contribution in [-0.4, -0.2) is 44.6 Å².